The fourth-order valence-electron chi connectivity index (χ4n) is 3.04. The first-order valence-corrected chi connectivity index (χ1v) is 8.92. The average molecular weight is 402 g/mol. The predicted octanol–water partition coefficient (Wildman–Crippen LogP) is 3.25. The van der Waals surface area contributed by atoms with E-state index < -0.39 is 11.9 Å². The Morgan fingerprint density at radius 3 is 2.55 bits per heavy atom. The molecule has 1 amide bonds. The van der Waals surface area contributed by atoms with Gasteiger partial charge < -0.3 is 14.2 Å². The summed E-state index contributed by atoms with van der Waals surface area (Å²) in [4.78, 5) is 21.4. The van der Waals surface area contributed by atoms with Crippen molar-refractivity contribution in [2.45, 2.75) is 18.8 Å². The van der Waals surface area contributed by atoms with Crippen LogP contribution in [0.3, 0.4) is 0 Å². The second kappa shape index (κ2) is 7.57. The molecule has 4 rings (SSSR count). The molecule has 1 aromatic carbocycles. The number of benzene rings is 1. The molecule has 1 aliphatic rings. The lowest BCUT2D eigenvalue weighted by Crippen LogP contribution is -2.56. The van der Waals surface area contributed by atoms with Gasteiger partial charge in [0.25, 0.3) is 5.91 Å². The van der Waals surface area contributed by atoms with Crippen LogP contribution < -0.4 is 4.74 Å². The summed E-state index contributed by atoms with van der Waals surface area (Å²) in [5.41, 5.74) is 0.599. The molecule has 2 aromatic heterocycles. The van der Waals surface area contributed by atoms with Crippen LogP contribution in [-0.2, 0) is 12.7 Å². The summed E-state index contributed by atoms with van der Waals surface area (Å²) in [5.74, 6) is -0.0435. The minimum atomic E-state index is -4.52. The zero-order chi connectivity index (χ0) is 20.4. The fourth-order valence-corrected chi connectivity index (χ4v) is 3.04. The van der Waals surface area contributed by atoms with Crippen LogP contribution in [0.2, 0.25) is 0 Å². The van der Waals surface area contributed by atoms with Gasteiger partial charge in [-0.25, -0.2) is 4.98 Å². The number of carbonyl (C=O) groups is 1. The maximum absolute atomic E-state index is 12.7. The van der Waals surface area contributed by atoms with Crippen LogP contribution in [0.5, 0.6) is 5.75 Å². The van der Waals surface area contributed by atoms with Gasteiger partial charge in [-0.3, -0.25) is 9.78 Å². The Morgan fingerprint density at radius 1 is 1.14 bits per heavy atom. The van der Waals surface area contributed by atoms with E-state index in [4.69, 9.17) is 4.74 Å². The number of halogens is 3. The third-order valence-electron chi connectivity index (χ3n) is 4.59. The van der Waals surface area contributed by atoms with Gasteiger partial charge in [0.1, 0.15) is 17.5 Å². The number of nitrogens with zero attached hydrogens (tertiary/aromatic N) is 4. The summed E-state index contributed by atoms with van der Waals surface area (Å²) in [6.45, 7) is 1.30. The van der Waals surface area contributed by atoms with Gasteiger partial charge in [0.05, 0.1) is 19.4 Å². The van der Waals surface area contributed by atoms with Gasteiger partial charge in [-0.15, -0.1) is 0 Å². The van der Waals surface area contributed by atoms with Gasteiger partial charge in [-0.1, -0.05) is 12.1 Å². The minimum absolute atomic E-state index is 0.0910. The number of hydrogen-bond donors (Lipinski definition) is 0. The normalized spacial score (nSPS) is 14.5. The van der Waals surface area contributed by atoms with Gasteiger partial charge in [0.15, 0.2) is 0 Å². The van der Waals surface area contributed by atoms with Gasteiger partial charge in [-0.2, -0.15) is 13.2 Å². The molecule has 3 aromatic rings. The Kier molecular flexibility index (Phi) is 4.96. The summed E-state index contributed by atoms with van der Waals surface area (Å²) in [7, 11) is 0. The van der Waals surface area contributed by atoms with Crippen molar-refractivity contribution in [3.8, 4) is 5.75 Å². The Hall–Kier alpha value is -3.36. The molecule has 9 heteroatoms. The van der Waals surface area contributed by atoms with Gasteiger partial charge in [0.2, 0.25) is 0 Å². The highest BCUT2D eigenvalue weighted by molar-refractivity contribution is 5.94. The molecular formula is C20H17F3N4O2. The predicted molar refractivity (Wildman–Crippen MR) is 97.3 cm³/mol. The molecule has 1 fully saturated rings. The van der Waals surface area contributed by atoms with Crippen molar-refractivity contribution >= 4 is 5.91 Å². The van der Waals surface area contributed by atoms with Crippen molar-refractivity contribution in [3.63, 3.8) is 0 Å². The Labute approximate surface area is 164 Å². The highest BCUT2D eigenvalue weighted by Gasteiger charge is 2.35. The first-order chi connectivity index (χ1) is 13.9. The maximum atomic E-state index is 12.7. The summed E-state index contributed by atoms with van der Waals surface area (Å²) >= 11 is 0. The lowest BCUT2D eigenvalue weighted by Gasteiger charge is -2.39. The quantitative estimate of drug-likeness (QED) is 0.658. The Bertz CT molecular complexity index is 982. The molecule has 0 spiro atoms. The molecule has 0 saturated carbocycles. The van der Waals surface area contributed by atoms with Crippen LogP contribution in [0.1, 0.15) is 21.6 Å². The van der Waals surface area contributed by atoms with Crippen LogP contribution in [0, 0.1) is 0 Å². The standard InChI is InChI=1S/C20H17F3N4O2/c21-20(22,23)18-9-16(5-6-25-18)29-17-11-27(12-17)19(28)15-3-1-14(2-4-15)10-26-8-7-24-13-26/h1-9,13,17H,10-12H2. The van der Waals surface area contributed by atoms with Crippen LogP contribution in [0.25, 0.3) is 0 Å². The molecular weight excluding hydrogens is 385 g/mol. The van der Waals surface area contributed by atoms with E-state index in [0.717, 1.165) is 17.8 Å². The van der Waals surface area contributed by atoms with Crippen LogP contribution in [0.4, 0.5) is 13.2 Å². The van der Waals surface area contributed by atoms with Crippen molar-refractivity contribution in [2.24, 2.45) is 0 Å². The van der Waals surface area contributed by atoms with Crippen molar-refractivity contribution < 1.29 is 22.7 Å². The van der Waals surface area contributed by atoms with Crippen LogP contribution in [-0.4, -0.2) is 44.5 Å². The van der Waals surface area contributed by atoms with Crippen LogP contribution >= 0.6 is 0 Å². The largest absolute Gasteiger partial charge is 0.487 e. The summed E-state index contributed by atoms with van der Waals surface area (Å²) in [6.07, 6.45) is 1.48. The van der Waals surface area contributed by atoms with E-state index >= 15 is 0 Å². The molecule has 0 bridgehead atoms. The van der Waals surface area contributed by atoms with Crippen molar-refractivity contribution in [1.29, 1.82) is 0 Å². The highest BCUT2D eigenvalue weighted by Crippen LogP contribution is 2.30. The van der Waals surface area contributed by atoms with Crippen molar-refractivity contribution in [2.75, 3.05) is 13.1 Å². The van der Waals surface area contributed by atoms with Crippen molar-refractivity contribution in [1.82, 2.24) is 19.4 Å². The van der Waals surface area contributed by atoms with E-state index in [-0.39, 0.29) is 17.8 Å². The van der Waals surface area contributed by atoms with E-state index in [0.29, 0.717) is 25.2 Å². The molecule has 0 radical (unpaired) electrons. The second-order valence-corrected chi connectivity index (χ2v) is 6.76. The molecule has 150 valence electrons. The first-order valence-electron chi connectivity index (χ1n) is 8.92. The number of likely N-dealkylation sites (tertiary alicyclic amines) is 1. The van der Waals surface area contributed by atoms with E-state index in [1.807, 2.05) is 22.9 Å². The number of imidazole rings is 1. The second-order valence-electron chi connectivity index (χ2n) is 6.76. The number of ether oxygens (including phenoxy) is 1. The van der Waals surface area contributed by atoms with E-state index in [1.165, 1.54) is 6.07 Å². The van der Waals surface area contributed by atoms with Gasteiger partial charge >= 0.3 is 6.18 Å². The Balaban J connectivity index is 1.31. The van der Waals surface area contributed by atoms with E-state index in [2.05, 4.69) is 9.97 Å². The molecule has 0 atom stereocenters. The maximum Gasteiger partial charge on any atom is 0.433 e. The molecule has 6 nitrogen and oxygen atoms in total. The monoisotopic (exact) mass is 402 g/mol. The number of alkyl halides is 3. The van der Waals surface area contributed by atoms with E-state index in [1.54, 1.807) is 29.6 Å². The molecule has 0 unspecified atom stereocenters. The third kappa shape index (κ3) is 4.39. The lowest BCUT2D eigenvalue weighted by molar-refractivity contribution is -0.141. The SMILES string of the molecule is O=C(c1ccc(Cn2ccnc2)cc1)N1CC(Oc2ccnc(C(F)(F)F)c2)C1. The highest BCUT2D eigenvalue weighted by atomic mass is 19.4. The van der Waals surface area contributed by atoms with Crippen molar-refractivity contribution in [3.05, 3.63) is 78.1 Å². The molecule has 29 heavy (non-hydrogen) atoms. The summed E-state index contributed by atoms with van der Waals surface area (Å²) in [5, 5.41) is 0. The van der Waals surface area contributed by atoms with Gasteiger partial charge in [0, 0.05) is 36.8 Å². The first kappa shape index (κ1) is 19.0. The Morgan fingerprint density at radius 2 is 1.90 bits per heavy atom. The molecule has 1 saturated heterocycles. The zero-order valence-electron chi connectivity index (χ0n) is 15.2. The molecule has 0 N–H and O–H groups in total. The number of carbonyl (C=O) groups excluding carboxylic acids is 1. The van der Waals surface area contributed by atoms with Gasteiger partial charge in [-0.05, 0) is 23.8 Å². The number of rotatable bonds is 5. The molecule has 3 heterocycles. The summed E-state index contributed by atoms with van der Waals surface area (Å²) < 4.78 is 45.6. The van der Waals surface area contributed by atoms with Crippen LogP contribution in [0.15, 0.2) is 61.3 Å². The molecule has 0 aliphatic carbocycles. The number of aromatic nitrogens is 3. The number of pyridine rings is 1. The smallest absolute Gasteiger partial charge is 0.433 e. The number of hydrogen-bond acceptors (Lipinski definition) is 4. The topological polar surface area (TPSA) is 60.2 Å². The third-order valence-corrected chi connectivity index (χ3v) is 4.59. The van der Waals surface area contributed by atoms with E-state index in [9.17, 15) is 18.0 Å². The molecule has 1 aliphatic heterocycles. The summed E-state index contributed by atoms with van der Waals surface area (Å²) in [6, 6.07) is 9.54. The number of amides is 1. The zero-order valence-corrected chi connectivity index (χ0v) is 15.2. The fraction of sp³-hybridized carbons (Fsp3) is 0.250. The minimum Gasteiger partial charge on any atom is -0.487 e. The lowest BCUT2D eigenvalue weighted by atomic mass is 10.1. The average Bonchev–Trinajstić information content (AvgIpc) is 3.17.